The van der Waals surface area contributed by atoms with Gasteiger partial charge in [-0.25, -0.2) is 22.5 Å². The second-order valence-corrected chi connectivity index (χ2v) is 7.64. The van der Waals surface area contributed by atoms with E-state index < -0.39 is 15.8 Å². The van der Waals surface area contributed by atoms with E-state index in [9.17, 15) is 17.6 Å². The lowest BCUT2D eigenvalue weighted by Crippen LogP contribution is -2.27. The van der Waals surface area contributed by atoms with Crippen molar-refractivity contribution in [1.82, 2.24) is 14.7 Å². The number of hydrogen-bond donors (Lipinski definition) is 2. The molecule has 1 aromatic carbocycles. The van der Waals surface area contributed by atoms with Crippen LogP contribution in [-0.4, -0.2) is 38.6 Å². The third kappa shape index (κ3) is 4.02. The van der Waals surface area contributed by atoms with Gasteiger partial charge >= 0.3 is 0 Å². The first-order chi connectivity index (χ1) is 12.4. The molecule has 1 aliphatic heterocycles. The van der Waals surface area contributed by atoms with Gasteiger partial charge in [0.15, 0.2) is 11.6 Å². The number of anilines is 1. The largest absolute Gasteiger partial charge is 0.494 e. The molecule has 0 radical (unpaired) electrons. The molecule has 1 aromatic heterocycles. The van der Waals surface area contributed by atoms with E-state index in [1.54, 1.807) is 0 Å². The molecule has 26 heavy (non-hydrogen) atoms. The van der Waals surface area contributed by atoms with Crippen LogP contribution in [0.15, 0.2) is 34.0 Å². The van der Waals surface area contributed by atoms with Crippen LogP contribution in [0.5, 0.6) is 5.75 Å². The minimum absolute atomic E-state index is 0.0459. The highest BCUT2D eigenvalue weighted by molar-refractivity contribution is 7.89. The summed E-state index contributed by atoms with van der Waals surface area (Å²) in [7, 11) is -2.67. The van der Waals surface area contributed by atoms with Gasteiger partial charge in [0.2, 0.25) is 16.0 Å². The van der Waals surface area contributed by atoms with Crippen molar-refractivity contribution in [2.75, 3.05) is 25.1 Å². The zero-order valence-electron chi connectivity index (χ0n) is 14.2. The van der Waals surface area contributed by atoms with E-state index >= 15 is 0 Å². The van der Waals surface area contributed by atoms with Gasteiger partial charge in [0.05, 0.1) is 24.2 Å². The van der Waals surface area contributed by atoms with Crippen LogP contribution in [0.25, 0.3) is 0 Å². The van der Waals surface area contributed by atoms with Gasteiger partial charge in [-0.15, -0.1) is 0 Å². The maximum atomic E-state index is 13.7. The fourth-order valence-corrected chi connectivity index (χ4v) is 3.74. The second-order valence-electron chi connectivity index (χ2n) is 5.88. The molecular formula is C16H19FN4O4S. The highest BCUT2D eigenvalue weighted by Gasteiger charge is 2.18. The van der Waals surface area contributed by atoms with E-state index in [0.29, 0.717) is 5.95 Å². The SMILES string of the molecule is COc1ccc(S(=O)(=O)NCc2cc(=O)[nH]c(N3CCCC3)n2)cc1F. The second kappa shape index (κ2) is 7.42. The highest BCUT2D eigenvalue weighted by atomic mass is 32.2. The number of sulfonamides is 1. The Morgan fingerprint density at radius 2 is 2.04 bits per heavy atom. The molecule has 1 aliphatic rings. The van der Waals surface area contributed by atoms with Gasteiger partial charge in [-0.3, -0.25) is 9.78 Å². The number of methoxy groups -OCH3 is 1. The Labute approximate surface area is 150 Å². The van der Waals surface area contributed by atoms with Gasteiger partial charge in [0.25, 0.3) is 5.56 Å². The monoisotopic (exact) mass is 382 g/mol. The van der Waals surface area contributed by atoms with Gasteiger partial charge in [-0.1, -0.05) is 0 Å². The fraction of sp³-hybridized carbons (Fsp3) is 0.375. The first-order valence-corrected chi connectivity index (χ1v) is 9.56. The van der Waals surface area contributed by atoms with Crippen molar-refractivity contribution in [3.8, 4) is 5.75 Å². The number of hydrogen-bond acceptors (Lipinski definition) is 6. The van der Waals surface area contributed by atoms with Crippen LogP contribution in [0.3, 0.4) is 0 Å². The summed E-state index contributed by atoms with van der Waals surface area (Å²) in [5.74, 6) is -0.392. The zero-order valence-corrected chi connectivity index (χ0v) is 15.0. The van der Waals surface area contributed by atoms with Crippen LogP contribution in [0.2, 0.25) is 0 Å². The highest BCUT2D eigenvalue weighted by Crippen LogP contribution is 2.20. The quantitative estimate of drug-likeness (QED) is 0.772. The first-order valence-electron chi connectivity index (χ1n) is 8.07. The van der Waals surface area contributed by atoms with Crippen LogP contribution in [0.1, 0.15) is 18.5 Å². The summed E-state index contributed by atoms with van der Waals surface area (Å²) >= 11 is 0. The average molecular weight is 382 g/mol. The Kier molecular flexibility index (Phi) is 5.23. The summed E-state index contributed by atoms with van der Waals surface area (Å²) in [4.78, 5) is 20.5. The topological polar surface area (TPSA) is 104 Å². The number of rotatable bonds is 6. The molecule has 3 rings (SSSR count). The Bertz CT molecular complexity index is 955. The maximum absolute atomic E-state index is 13.7. The lowest BCUT2D eigenvalue weighted by atomic mass is 10.3. The van der Waals surface area contributed by atoms with E-state index in [2.05, 4.69) is 14.7 Å². The fourth-order valence-electron chi connectivity index (χ4n) is 2.73. The van der Waals surface area contributed by atoms with Crippen molar-refractivity contribution in [3.63, 3.8) is 0 Å². The molecule has 2 N–H and O–H groups in total. The third-order valence-corrected chi connectivity index (χ3v) is 5.46. The molecule has 1 fully saturated rings. The van der Waals surface area contributed by atoms with E-state index in [1.165, 1.54) is 25.3 Å². The lowest BCUT2D eigenvalue weighted by Gasteiger charge is -2.16. The van der Waals surface area contributed by atoms with Crippen molar-refractivity contribution in [2.24, 2.45) is 0 Å². The molecule has 0 saturated carbocycles. The van der Waals surface area contributed by atoms with E-state index in [1.807, 2.05) is 4.90 Å². The molecule has 0 amide bonds. The summed E-state index contributed by atoms with van der Waals surface area (Å²) in [6, 6.07) is 4.59. The van der Waals surface area contributed by atoms with E-state index in [-0.39, 0.29) is 28.4 Å². The van der Waals surface area contributed by atoms with Crippen molar-refractivity contribution in [2.45, 2.75) is 24.3 Å². The van der Waals surface area contributed by atoms with E-state index in [4.69, 9.17) is 4.74 Å². The molecule has 0 atom stereocenters. The predicted octanol–water partition coefficient (Wildman–Crippen LogP) is 0.996. The van der Waals surface area contributed by atoms with Crippen molar-refractivity contribution < 1.29 is 17.5 Å². The number of aromatic amines is 1. The summed E-state index contributed by atoms with van der Waals surface area (Å²) in [6.07, 6.45) is 2.03. The molecule has 0 unspecified atom stereocenters. The van der Waals surface area contributed by atoms with Gasteiger partial charge < -0.3 is 9.64 Å². The summed E-state index contributed by atoms with van der Waals surface area (Å²) in [5, 5.41) is 0. The molecule has 0 bridgehead atoms. The van der Waals surface area contributed by atoms with Crippen LogP contribution in [0.4, 0.5) is 10.3 Å². The molecule has 10 heteroatoms. The predicted molar refractivity (Wildman–Crippen MR) is 93.3 cm³/mol. The minimum atomic E-state index is -3.96. The molecule has 8 nitrogen and oxygen atoms in total. The molecule has 0 spiro atoms. The Morgan fingerprint density at radius 3 is 2.69 bits per heavy atom. The molecule has 2 aromatic rings. The van der Waals surface area contributed by atoms with E-state index in [0.717, 1.165) is 32.0 Å². The number of H-pyrrole nitrogens is 1. The van der Waals surface area contributed by atoms with Gasteiger partial charge in [0.1, 0.15) is 0 Å². The van der Waals surface area contributed by atoms with Crippen LogP contribution in [0, 0.1) is 5.82 Å². The van der Waals surface area contributed by atoms with Crippen LogP contribution < -0.4 is 19.9 Å². The summed E-state index contributed by atoms with van der Waals surface area (Å²) in [6.45, 7) is 1.41. The van der Waals surface area contributed by atoms with Crippen molar-refractivity contribution >= 4 is 16.0 Å². The Hall–Kier alpha value is -2.46. The third-order valence-electron chi connectivity index (χ3n) is 4.06. The zero-order chi connectivity index (χ0) is 18.7. The van der Waals surface area contributed by atoms with Crippen LogP contribution in [-0.2, 0) is 16.6 Å². The standard InChI is InChI=1S/C16H19FN4O4S/c1-25-14-5-4-12(9-13(14)17)26(23,24)18-10-11-8-15(22)20-16(19-11)21-6-2-3-7-21/h4-5,8-9,18H,2-3,6-7,10H2,1H3,(H,19,20,22). The summed E-state index contributed by atoms with van der Waals surface area (Å²) in [5.41, 5.74) is -0.0696. The molecule has 0 aliphatic carbocycles. The maximum Gasteiger partial charge on any atom is 0.252 e. The van der Waals surface area contributed by atoms with Crippen molar-refractivity contribution in [3.05, 3.63) is 46.1 Å². The van der Waals surface area contributed by atoms with Gasteiger partial charge in [0, 0.05) is 19.2 Å². The molecule has 2 heterocycles. The normalized spacial score (nSPS) is 14.6. The molecule has 140 valence electrons. The molecule has 1 saturated heterocycles. The molecular weight excluding hydrogens is 363 g/mol. The minimum Gasteiger partial charge on any atom is -0.494 e. The number of nitrogens with one attached hydrogen (secondary N) is 2. The Morgan fingerprint density at radius 1 is 1.31 bits per heavy atom. The Balaban J connectivity index is 1.77. The first kappa shape index (κ1) is 18.3. The summed E-state index contributed by atoms with van der Waals surface area (Å²) < 4.78 is 45.5. The van der Waals surface area contributed by atoms with Crippen molar-refractivity contribution in [1.29, 1.82) is 0 Å². The average Bonchev–Trinajstić information content (AvgIpc) is 3.14. The van der Waals surface area contributed by atoms with Gasteiger partial charge in [-0.2, -0.15) is 0 Å². The smallest absolute Gasteiger partial charge is 0.252 e. The number of benzene rings is 1. The van der Waals surface area contributed by atoms with Crippen LogP contribution >= 0.6 is 0 Å². The lowest BCUT2D eigenvalue weighted by molar-refractivity contribution is 0.385. The number of aromatic nitrogens is 2. The number of ether oxygens (including phenoxy) is 1. The number of halogens is 1. The number of nitrogens with zero attached hydrogens (tertiary/aromatic N) is 2. The van der Waals surface area contributed by atoms with Gasteiger partial charge in [-0.05, 0) is 31.0 Å².